The highest BCUT2D eigenvalue weighted by Gasteiger charge is 2.32. The van der Waals surface area contributed by atoms with Gasteiger partial charge in [-0.1, -0.05) is 12.2 Å². The molecule has 0 aliphatic heterocycles. The maximum atomic E-state index is 11.1. The Hall–Kier alpha value is -0.885. The van der Waals surface area contributed by atoms with Gasteiger partial charge in [0.1, 0.15) is 0 Å². The Morgan fingerprint density at radius 3 is 2.35 bits per heavy atom. The van der Waals surface area contributed by atoms with Gasteiger partial charge in [-0.3, -0.25) is 0 Å². The molecule has 0 radical (unpaired) electrons. The lowest BCUT2D eigenvalue weighted by atomic mass is 9.71. The fourth-order valence-corrected chi connectivity index (χ4v) is 2.16. The van der Waals surface area contributed by atoms with Crippen LogP contribution in [0.15, 0.2) is 23.7 Å². The zero-order valence-electron chi connectivity index (χ0n) is 10.0. The molecule has 0 heterocycles. The molecular formula is C10H16BNO4S. The quantitative estimate of drug-likeness (QED) is 0.450. The fraction of sp³-hybridized carbons (Fsp3) is 0.500. The second-order valence-corrected chi connectivity index (χ2v) is 5.80. The Morgan fingerprint density at radius 2 is 1.94 bits per heavy atom. The molecule has 0 spiro atoms. The molecule has 5 nitrogen and oxygen atoms in total. The van der Waals surface area contributed by atoms with Gasteiger partial charge in [0.15, 0.2) is 0 Å². The normalized spacial score (nSPS) is 20.2. The lowest BCUT2D eigenvalue weighted by molar-refractivity contribution is 0.395. The van der Waals surface area contributed by atoms with Crippen LogP contribution in [0.3, 0.4) is 0 Å². The van der Waals surface area contributed by atoms with Crippen molar-refractivity contribution in [2.24, 2.45) is 0 Å². The molecule has 0 fully saturated rings. The third kappa shape index (κ3) is 3.81. The molecule has 0 aromatic heterocycles. The maximum Gasteiger partial charge on any atom is 0.486 e. The number of hydrogen-bond donors (Lipinski definition) is 3. The van der Waals surface area contributed by atoms with E-state index in [0.717, 1.165) is 0 Å². The van der Waals surface area contributed by atoms with Crippen LogP contribution >= 0.6 is 0 Å². The largest absolute Gasteiger partial charge is 0.486 e. The van der Waals surface area contributed by atoms with Crippen molar-refractivity contribution in [1.29, 1.82) is 0 Å². The summed E-state index contributed by atoms with van der Waals surface area (Å²) in [6, 6.07) is -0.710. The van der Waals surface area contributed by atoms with E-state index in [9.17, 15) is 18.5 Å². The molecule has 0 aromatic carbocycles. The minimum atomic E-state index is -2.40. The minimum absolute atomic E-state index is 0.102. The van der Waals surface area contributed by atoms with Crippen LogP contribution in [-0.4, -0.2) is 42.0 Å². The summed E-state index contributed by atoms with van der Waals surface area (Å²) in [5.41, 5.74) is -0.129. The van der Waals surface area contributed by atoms with Crippen LogP contribution in [0.2, 0.25) is 0 Å². The van der Waals surface area contributed by atoms with Gasteiger partial charge in [0, 0.05) is 5.54 Å². The van der Waals surface area contributed by atoms with E-state index in [1.54, 1.807) is 0 Å². The fourth-order valence-electron chi connectivity index (χ4n) is 1.59. The summed E-state index contributed by atoms with van der Waals surface area (Å²) in [6.45, 7) is 5.62. The van der Waals surface area contributed by atoms with Crippen LogP contribution in [0, 0.1) is 0 Å². The zero-order valence-corrected chi connectivity index (χ0v) is 10.8. The summed E-state index contributed by atoms with van der Waals surface area (Å²) < 4.78 is 22.2. The topological polar surface area (TPSA) is 86.6 Å². The van der Waals surface area contributed by atoms with Crippen molar-refractivity contribution in [2.75, 3.05) is 0 Å². The second kappa shape index (κ2) is 5.18. The summed E-state index contributed by atoms with van der Waals surface area (Å²) in [4.78, 5) is 0.102. The third-order valence-corrected chi connectivity index (χ3v) is 2.99. The number of allylic oxidation sites excluding steroid dienone is 2. The highest BCUT2D eigenvalue weighted by atomic mass is 32.2. The van der Waals surface area contributed by atoms with Crippen molar-refractivity contribution < 1.29 is 18.5 Å². The van der Waals surface area contributed by atoms with Crippen LogP contribution in [0.5, 0.6) is 0 Å². The van der Waals surface area contributed by atoms with Crippen molar-refractivity contribution in [3.63, 3.8) is 0 Å². The minimum Gasteiger partial charge on any atom is -0.423 e. The predicted molar refractivity (Wildman–Crippen MR) is 68.0 cm³/mol. The Balaban J connectivity index is 3.20. The summed E-state index contributed by atoms with van der Waals surface area (Å²) in [7, 11) is -4.08. The summed E-state index contributed by atoms with van der Waals surface area (Å²) in [5, 5.41) is 21.5. The van der Waals surface area contributed by atoms with Crippen LogP contribution in [0.25, 0.3) is 0 Å². The lowest BCUT2D eigenvalue weighted by Gasteiger charge is -2.30. The zero-order chi connectivity index (χ0) is 13.2. The Morgan fingerprint density at radius 1 is 1.35 bits per heavy atom. The molecule has 3 N–H and O–H groups in total. The molecule has 7 heteroatoms. The van der Waals surface area contributed by atoms with Crippen LogP contribution < -0.4 is 5.32 Å². The molecular weight excluding hydrogens is 241 g/mol. The first kappa shape index (κ1) is 14.2. The highest BCUT2D eigenvalue weighted by molar-refractivity contribution is 7.73. The summed E-state index contributed by atoms with van der Waals surface area (Å²) in [5.74, 6) is 0. The molecule has 0 saturated heterocycles. The van der Waals surface area contributed by atoms with Crippen LogP contribution in [-0.2, 0) is 10.3 Å². The molecule has 0 bridgehead atoms. The van der Waals surface area contributed by atoms with Crippen LogP contribution in [0.4, 0.5) is 0 Å². The summed E-state index contributed by atoms with van der Waals surface area (Å²) >= 11 is 0. The smallest absolute Gasteiger partial charge is 0.423 e. The van der Waals surface area contributed by atoms with Crippen LogP contribution in [0.1, 0.15) is 20.8 Å². The Bertz CT molecular complexity index is 477. The Kier molecular flexibility index (Phi) is 4.32. The first-order valence-electron chi connectivity index (χ1n) is 5.20. The van der Waals surface area contributed by atoms with Crippen molar-refractivity contribution >= 4 is 22.3 Å². The van der Waals surface area contributed by atoms with Gasteiger partial charge >= 0.3 is 7.12 Å². The van der Waals surface area contributed by atoms with Gasteiger partial charge in [0.05, 0.1) is 10.9 Å². The van der Waals surface area contributed by atoms with Gasteiger partial charge < -0.3 is 15.4 Å². The predicted octanol–water partition coefficient (Wildman–Crippen LogP) is -0.697. The van der Waals surface area contributed by atoms with E-state index in [4.69, 9.17) is 0 Å². The molecule has 94 valence electrons. The van der Waals surface area contributed by atoms with E-state index in [-0.39, 0.29) is 15.9 Å². The van der Waals surface area contributed by atoms with E-state index in [1.807, 2.05) is 20.8 Å². The first-order valence-corrected chi connectivity index (χ1v) is 6.28. The van der Waals surface area contributed by atoms with E-state index < -0.39 is 23.5 Å². The average Bonchev–Trinajstić information content (AvgIpc) is 2.14. The monoisotopic (exact) mass is 257 g/mol. The van der Waals surface area contributed by atoms with Crippen molar-refractivity contribution in [2.45, 2.75) is 32.4 Å². The average molecular weight is 257 g/mol. The van der Waals surface area contributed by atoms with Crippen molar-refractivity contribution in [3.05, 3.63) is 23.7 Å². The van der Waals surface area contributed by atoms with E-state index >= 15 is 0 Å². The Labute approximate surface area is 103 Å². The standard InChI is InChI=1S/C10H16BNO4S/c1-10(2,3)12-9-7(11(13)14)5-4-6-8(9)17(15)16/h4-6,9,12-14H,1-3H3. The highest BCUT2D eigenvalue weighted by Crippen LogP contribution is 2.15. The lowest BCUT2D eigenvalue weighted by Crippen LogP contribution is -2.51. The molecule has 0 saturated carbocycles. The molecule has 1 unspecified atom stereocenters. The van der Waals surface area contributed by atoms with E-state index in [0.29, 0.717) is 0 Å². The van der Waals surface area contributed by atoms with Gasteiger partial charge in [0.2, 0.25) is 10.3 Å². The van der Waals surface area contributed by atoms with Gasteiger partial charge in [0.25, 0.3) is 0 Å². The van der Waals surface area contributed by atoms with Gasteiger partial charge in [-0.25, -0.2) is 0 Å². The molecule has 0 amide bonds. The van der Waals surface area contributed by atoms with E-state index in [1.165, 1.54) is 18.2 Å². The third-order valence-electron chi connectivity index (χ3n) is 2.23. The van der Waals surface area contributed by atoms with Gasteiger partial charge in [-0.2, -0.15) is 8.42 Å². The molecule has 0 aromatic rings. The number of nitrogens with one attached hydrogen (secondary N) is 1. The number of hydrogen-bond acceptors (Lipinski definition) is 5. The molecule has 1 atom stereocenters. The SMILES string of the molecule is CC(C)(C)NC1C(B(O)O)=CC=CC1=S(=O)=O. The molecule has 1 aliphatic carbocycles. The van der Waals surface area contributed by atoms with E-state index in [2.05, 4.69) is 5.32 Å². The molecule has 17 heavy (non-hydrogen) atoms. The van der Waals surface area contributed by atoms with Crippen molar-refractivity contribution in [1.82, 2.24) is 5.32 Å². The molecule has 1 aliphatic rings. The molecule has 1 rings (SSSR count). The van der Waals surface area contributed by atoms with Gasteiger partial charge in [-0.15, -0.1) is 0 Å². The second-order valence-electron chi connectivity index (χ2n) is 4.86. The first-order chi connectivity index (χ1) is 7.72. The van der Waals surface area contributed by atoms with Crippen molar-refractivity contribution in [3.8, 4) is 0 Å². The maximum absolute atomic E-state index is 11.1. The number of rotatable bonds is 2. The van der Waals surface area contributed by atoms with Gasteiger partial charge in [-0.05, 0) is 32.3 Å². The summed E-state index contributed by atoms with van der Waals surface area (Å²) in [6.07, 6.45) is 4.43.